The van der Waals surface area contributed by atoms with Gasteiger partial charge in [-0.05, 0) is 37.6 Å². The van der Waals surface area contributed by atoms with Crippen molar-refractivity contribution < 1.29 is 8.78 Å². The maximum Gasteiger partial charge on any atom is 0.146 e. The summed E-state index contributed by atoms with van der Waals surface area (Å²) in [5, 5.41) is 2.99. The largest absolute Gasteiger partial charge is 0.376 e. The zero-order chi connectivity index (χ0) is 13.1. The molecule has 0 heterocycles. The lowest BCUT2D eigenvalue weighted by Gasteiger charge is -2.17. The molecule has 1 nitrogen and oxygen atoms in total. The average molecular weight is 247 g/mol. The third-order valence-electron chi connectivity index (χ3n) is 2.87. The third-order valence-corrected chi connectivity index (χ3v) is 2.87. The highest BCUT2D eigenvalue weighted by atomic mass is 19.1. The van der Waals surface area contributed by atoms with E-state index in [4.69, 9.17) is 0 Å². The van der Waals surface area contributed by atoms with Crippen molar-refractivity contribution in [1.82, 2.24) is 0 Å². The van der Waals surface area contributed by atoms with E-state index in [1.807, 2.05) is 6.92 Å². The van der Waals surface area contributed by atoms with Gasteiger partial charge in [-0.15, -0.1) is 0 Å². The number of halogens is 2. The molecule has 94 valence electrons. The summed E-state index contributed by atoms with van der Waals surface area (Å²) in [6.07, 6.45) is 0. The molecule has 0 aliphatic rings. The second kappa shape index (κ2) is 5.17. The maximum absolute atomic E-state index is 13.6. The monoisotopic (exact) mass is 247 g/mol. The molecular weight excluding hydrogens is 232 g/mol. The number of hydrogen-bond acceptors (Lipinski definition) is 1. The zero-order valence-corrected chi connectivity index (χ0v) is 10.4. The predicted molar refractivity (Wildman–Crippen MR) is 69.6 cm³/mol. The Bertz CT molecular complexity index is 552. The lowest BCUT2D eigenvalue weighted by molar-refractivity contribution is 0.596. The molecule has 0 radical (unpaired) electrons. The molecule has 2 aromatic carbocycles. The van der Waals surface area contributed by atoms with Crippen LogP contribution < -0.4 is 5.32 Å². The molecule has 0 amide bonds. The van der Waals surface area contributed by atoms with Gasteiger partial charge in [0.05, 0.1) is 11.7 Å². The van der Waals surface area contributed by atoms with Gasteiger partial charge < -0.3 is 5.32 Å². The number of rotatable bonds is 3. The van der Waals surface area contributed by atoms with Crippen molar-refractivity contribution in [3.63, 3.8) is 0 Å². The first-order valence-corrected chi connectivity index (χ1v) is 5.85. The SMILES string of the molecule is Cc1ccc(F)c(NC(C)c2ccccc2F)c1. The maximum atomic E-state index is 13.6. The molecule has 0 bridgehead atoms. The van der Waals surface area contributed by atoms with Gasteiger partial charge >= 0.3 is 0 Å². The van der Waals surface area contributed by atoms with Gasteiger partial charge in [0.15, 0.2) is 0 Å². The Kier molecular flexibility index (Phi) is 3.60. The van der Waals surface area contributed by atoms with Crippen molar-refractivity contribution >= 4 is 5.69 Å². The van der Waals surface area contributed by atoms with E-state index in [2.05, 4.69) is 5.32 Å². The highest BCUT2D eigenvalue weighted by molar-refractivity contribution is 5.49. The molecule has 0 aliphatic heterocycles. The van der Waals surface area contributed by atoms with Crippen molar-refractivity contribution in [2.24, 2.45) is 0 Å². The van der Waals surface area contributed by atoms with Gasteiger partial charge in [-0.1, -0.05) is 24.3 Å². The molecule has 18 heavy (non-hydrogen) atoms. The van der Waals surface area contributed by atoms with Crippen molar-refractivity contribution in [1.29, 1.82) is 0 Å². The van der Waals surface area contributed by atoms with Crippen LogP contribution in [-0.2, 0) is 0 Å². The van der Waals surface area contributed by atoms with E-state index >= 15 is 0 Å². The van der Waals surface area contributed by atoms with Crippen LogP contribution >= 0.6 is 0 Å². The van der Waals surface area contributed by atoms with Crippen molar-refractivity contribution in [3.05, 3.63) is 65.2 Å². The van der Waals surface area contributed by atoms with Crippen LogP contribution in [0.3, 0.4) is 0 Å². The first-order valence-electron chi connectivity index (χ1n) is 5.85. The van der Waals surface area contributed by atoms with Gasteiger partial charge in [0, 0.05) is 5.56 Å². The van der Waals surface area contributed by atoms with Crippen LogP contribution in [0.5, 0.6) is 0 Å². The molecule has 0 spiro atoms. The summed E-state index contributed by atoms with van der Waals surface area (Å²) >= 11 is 0. The van der Waals surface area contributed by atoms with E-state index < -0.39 is 0 Å². The molecule has 0 aromatic heterocycles. The summed E-state index contributed by atoms with van der Waals surface area (Å²) in [5.74, 6) is -0.616. The van der Waals surface area contributed by atoms with Gasteiger partial charge in [-0.2, -0.15) is 0 Å². The number of aryl methyl sites for hydroxylation is 1. The minimum absolute atomic E-state index is 0.287. The van der Waals surface area contributed by atoms with E-state index in [-0.39, 0.29) is 17.7 Å². The first kappa shape index (κ1) is 12.6. The molecule has 0 aliphatic carbocycles. The van der Waals surface area contributed by atoms with Crippen LogP contribution in [-0.4, -0.2) is 0 Å². The van der Waals surface area contributed by atoms with Crippen LogP contribution in [0.15, 0.2) is 42.5 Å². The van der Waals surface area contributed by atoms with Gasteiger partial charge in [-0.3, -0.25) is 0 Å². The molecule has 2 aromatic rings. The second-order valence-corrected chi connectivity index (χ2v) is 4.37. The van der Waals surface area contributed by atoms with Crippen LogP contribution in [0.2, 0.25) is 0 Å². The van der Waals surface area contributed by atoms with Gasteiger partial charge in [-0.25, -0.2) is 8.78 Å². The summed E-state index contributed by atoms with van der Waals surface area (Å²) in [6, 6.07) is 11.0. The molecule has 0 fully saturated rings. The molecule has 1 atom stereocenters. The van der Waals surface area contributed by atoms with Crippen LogP contribution in [0.1, 0.15) is 24.1 Å². The smallest absolute Gasteiger partial charge is 0.146 e. The van der Waals surface area contributed by atoms with E-state index in [1.54, 1.807) is 37.3 Å². The highest BCUT2D eigenvalue weighted by Gasteiger charge is 2.12. The Balaban J connectivity index is 2.24. The molecule has 0 saturated carbocycles. The predicted octanol–water partition coefficient (Wildman–Crippen LogP) is 4.45. The van der Waals surface area contributed by atoms with E-state index in [9.17, 15) is 8.78 Å². The average Bonchev–Trinajstić information content (AvgIpc) is 2.34. The molecule has 2 rings (SSSR count). The summed E-state index contributed by atoms with van der Waals surface area (Å²) in [5.41, 5.74) is 1.88. The van der Waals surface area contributed by atoms with Crippen molar-refractivity contribution in [3.8, 4) is 0 Å². The Morgan fingerprint density at radius 1 is 1.00 bits per heavy atom. The van der Waals surface area contributed by atoms with Gasteiger partial charge in [0.1, 0.15) is 11.6 Å². The van der Waals surface area contributed by atoms with E-state index in [0.29, 0.717) is 11.3 Å². The summed E-state index contributed by atoms with van der Waals surface area (Å²) in [4.78, 5) is 0. The normalized spacial score (nSPS) is 12.2. The fourth-order valence-corrected chi connectivity index (χ4v) is 1.89. The minimum atomic E-state index is -0.330. The Hall–Kier alpha value is -1.90. The fraction of sp³-hybridized carbons (Fsp3) is 0.200. The highest BCUT2D eigenvalue weighted by Crippen LogP contribution is 2.24. The first-order chi connectivity index (χ1) is 8.58. The second-order valence-electron chi connectivity index (χ2n) is 4.37. The molecule has 1 unspecified atom stereocenters. The topological polar surface area (TPSA) is 12.0 Å². The Morgan fingerprint density at radius 2 is 1.72 bits per heavy atom. The van der Waals surface area contributed by atoms with E-state index in [1.165, 1.54) is 12.1 Å². The third kappa shape index (κ3) is 2.67. The number of hydrogen-bond donors (Lipinski definition) is 1. The Labute approximate surface area is 105 Å². The quantitative estimate of drug-likeness (QED) is 0.845. The number of benzene rings is 2. The molecule has 3 heteroatoms. The standard InChI is InChI=1S/C15H15F2N/c1-10-7-8-14(17)15(9-10)18-11(2)12-5-3-4-6-13(12)16/h3-9,11,18H,1-2H3. The van der Waals surface area contributed by atoms with Crippen LogP contribution in [0.4, 0.5) is 14.5 Å². The zero-order valence-electron chi connectivity index (χ0n) is 10.4. The fourth-order valence-electron chi connectivity index (χ4n) is 1.89. The number of anilines is 1. The molecule has 1 N–H and O–H groups in total. The van der Waals surface area contributed by atoms with Crippen LogP contribution in [0.25, 0.3) is 0 Å². The summed E-state index contributed by atoms with van der Waals surface area (Å²) in [7, 11) is 0. The molecular formula is C15H15F2N. The lowest BCUT2D eigenvalue weighted by Crippen LogP contribution is -2.09. The van der Waals surface area contributed by atoms with E-state index in [0.717, 1.165) is 5.56 Å². The Morgan fingerprint density at radius 3 is 2.44 bits per heavy atom. The number of nitrogens with one attached hydrogen (secondary N) is 1. The lowest BCUT2D eigenvalue weighted by atomic mass is 10.1. The van der Waals surface area contributed by atoms with Gasteiger partial charge in [0.2, 0.25) is 0 Å². The molecule has 0 saturated heterocycles. The van der Waals surface area contributed by atoms with Crippen LogP contribution in [0, 0.1) is 18.6 Å². The van der Waals surface area contributed by atoms with Gasteiger partial charge in [0.25, 0.3) is 0 Å². The summed E-state index contributed by atoms with van der Waals surface area (Å²) in [6.45, 7) is 3.69. The van der Waals surface area contributed by atoms with Crippen molar-refractivity contribution in [2.45, 2.75) is 19.9 Å². The summed E-state index contributed by atoms with van der Waals surface area (Å²) < 4.78 is 27.2. The minimum Gasteiger partial charge on any atom is -0.376 e. The van der Waals surface area contributed by atoms with Crippen molar-refractivity contribution in [2.75, 3.05) is 5.32 Å².